The lowest BCUT2D eigenvalue weighted by molar-refractivity contribution is -0.142. The highest BCUT2D eigenvalue weighted by Crippen LogP contribution is 2.23. The van der Waals surface area contributed by atoms with Gasteiger partial charge in [-0.1, -0.05) is 38.1 Å². The average molecular weight is 495 g/mol. The fraction of sp³-hybridized carbons (Fsp3) is 0.385. The summed E-state index contributed by atoms with van der Waals surface area (Å²) in [6.07, 6.45) is 0. The molecule has 1 aliphatic rings. The van der Waals surface area contributed by atoms with Crippen LogP contribution in [-0.2, 0) is 16.1 Å². The van der Waals surface area contributed by atoms with E-state index in [1.165, 1.54) is 19.2 Å². The van der Waals surface area contributed by atoms with Crippen molar-refractivity contribution in [2.24, 2.45) is 5.92 Å². The summed E-state index contributed by atoms with van der Waals surface area (Å²) in [5.74, 6) is 0.391. The predicted octanol–water partition coefficient (Wildman–Crippen LogP) is 3.73. The number of methoxy groups -OCH3 is 1. The normalized spacial score (nSPS) is 15.1. The second-order valence-corrected chi connectivity index (χ2v) is 9.07. The highest BCUT2D eigenvalue weighted by molar-refractivity contribution is 5.91. The molecule has 2 N–H and O–H groups in total. The number of anilines is 2. The van der Waals surface area contributed by atoms with Gasteiger partial charge in [0, 0.05) is 31.6 Å². The minimum absolute atomic E-state index is 0.00166. The van der Waals surface area contributed by atoms with E-state index in [9.17, 15) is 14.0 Å². The molecule has 36 heavy (non-hydrogen) atoms. The first-order valence-corrected chi connectivity index (χ1v) is 12.0. The summed E-state index contributed by atoms with van der Waals surface area (Å²) in [5, 5.41) is 6.72. The third-order valence-corrected chi connectivity index (χ3v) is 6.20. The number of amides is 2. The molecule has 0 aliphatic carbocycles. The number of ether oxygens (including phenoxy) is 1. The minimum atomic E-state index is -0.544. The van der Waals surface area contributed by atoms with Crippen LogP contribution in [0.5, 0.6) is 0 Å². The molecule has 4 rings (SSSR count). The highest BCUT2D eigenvalue weighted by Gasteiger charge is 2.26. The standard InChI is InChI=1S/C26H31FN6O3/c1-17(2)23(25(34)36-3)31-24-18-8-4-6-10-20(18)28-22(30-24)16-32-12-14-33(15-13-32)26(35)29-21-11-7-5-9-19(21)27/h4-11,17,23H,12-16H2,1-3H3,(H,29,35)(H,28,30,31)/t23-/m0/s1. The second kappa shape index (κ2) is 11.3. The van der Waals surface area contributed by atoms with E-state index in [1.54, 1.807) is 17.0 Å². The quantitative estimate of drug-likeness (QED) is 0.483. The number of aromatic nitrogens is 2. The lowest BCUT2D eigenvalue weighted by Crippen LogP contribution is -2.49. The van der Waals surface area contributed by atoms with Gasteiger partial charge >= 0.3 is 12.0 Å². The lowest BCUT2D eigenvalue weighted by atomic mass is 10.0. The maximum absolute atomic E-state index is 13.9. The van der Waals surface area contributed by atoms with Crippen LogP contribution in [0.4, 0.5) is 20.7 Å². The van der Waals surface area contributed by atoms with Gasteiger partial charge in [0.2, 0.25) is 0 Å². The summed E-state index contributed by atoms with van der Waals surface area (Å²) in [6.45, 7) is 6.63. The molecule has 0 spiro atoms. The van der Waals surface area contributed by atoms with Crippen molar-refractivity contribution in [3.05, 3.63) is 60.2 Å². The van der Waals surface area contributed by atoms with E-state index in [0.29, 0.717) is 44.4 Å². The minimum Gasteiger partial charge on any atom is -0.467 e. The van der Waals surface area contributed by atoms with Crippen molar-refractivity contribution in [2.45, 2.75) is 26.4 Å². The van der Waals surface area contributed by atoms with Crippen molar-refractivity contribution in [3.8, 4) is 0 Å². The van der Waals surface area contributed by atoms with Crippen molar-refractivity contribution >= 4 is 34.4 Å². The molecular formula is C26H31FN6O3. The van der Waals surface area contributed by atoms with E-state index in [4.69, 9.17) is 14.7 Å². The van der Waals surface area contributed by atoms with Gasteiger partial charge in [0.05, 0.1) is 24.9 Å². The molecule has 9 nitrogen and oxygen atoms in total. The van der Waals surface area contributed by atoms with Crippen LogP contribution in [-0.4, -0.2) is 71.1 Å². The molecule has 2 aromatic carbocycles. The Morgan fingerprint density at radius 1 is 1.03 bits per heavy atom. The maximum atomic E-state index is 13.9. The molecule has 1 atom stereocenters. The molecule has 190 valence electrons. The zero-order chi connectivity index (χ0) is 25.7. The summed E-state index contributed by atoms with van der Waals surface area (Å²) in [4.78, 5) is 38.2. The Labute approximate surface area is 209 Å². The fourth-order valence-electron chi connectivity index (χ4n) is 4.14. The van der Waals surface area contributed by atoms with Crippen LogP contribution in [0.1, 0.15) is 19.7 Å². The van der Waals surface area contributed by atoms with E-state index < -0.39 is 11.9 Å². The van der Waals surface area contributed by atoms with E-state index in [1.807, 2.05) is 38.1 Å². The van der Waals surface area contributed by atoms with Gasteiger partial charge in [-0.25, -0.2) is 23.9 Å². The molecule has 0 saturated carbocycles. The van der Waals surface area contributed by atoms with Gasteiger partial charge < -0.3 is 20.3 Å². The Morgan fingerprint density at radius 3 is 2.42 bits per heavy atom. The Bertz CT molecular complexity index is 1230. The van der Waals surface area contributed by atoms with Gasteiger partial charge in [-0.3, -0.25) is 4.90 Å². The molecule has 10 heteroatoms. The Hall–Kier alpha value is -3.79. The molecule has 0 radical (unpaired) electrons. The third-order valence-electron chi connectivity index (χ3n) is 6.20. The summed E-state index contributed by atoms with van der Waals surface area (Å²) in [7, 11) is 1.37. The van der Waals surface area contributed by atoms with E-state index >= 15 is 0 Å². The van der Waals surface area contributed by atoms with Crippen LogP contribution in [0.3, 0.4) is 0 Å². The highest BCUT2D eigenvalue weighted by atomic mass is 19.1. The number of piperazine rings is 1. The number of benzene rings is 2. The second-order valence-electron chi connectivity index (χ2n) is 9.07. The Balaban J connectivity index is 1.44. The molecule has 1 aliphatic heterocycles. The van der Waals surface area contributed by atoms with Crippen molar-refractivity contribution in [1.29, 1.82) is 0 Å². The summed E-state index contributed by atoms with van der Waals surface area (Å²) in [5.41, 5.74) is 0.946. The molecule has 1 fully saturated rings. The molecule has 3 aromatic rings. The Morgan fingerprint density at radius 2 is 1.72 bits per heavy atom. The molecule has 1 saturated heterocycles. The molecule has 2 amide bonds. The number of halogens is 1. The van der Waals surface area contributed by atoms with E-state index in [0.717, 1.165) is 10.9 Å². The number of fused-ring (bicyclic) bond motifs is 1. The van der Waals surface area contributed by atoms with Crippen LogP contribution in [0.2, 0.25) is 0 Å². The van der Waals surface area contributed by atoms with Crippen molar-refractivity contribution < 1.29 is 18.7 Å². The third kappa shape index (κ3) is 5.88. The van der Waals surface area contributed by atoms with Crippen LogP contribution in [0, 0.1) is 11.7 Å². The number of nitrogens with zero attached hydrogens (tertiary/aromatic N) is 4. The molecule has 2 heterocycles. The Kier molecular flexibility index (Phi) is 7.94. The number of hydrogen-bond acceptors (Lipinski definition) is 7. The zero-order valence-electron chi connectivity index (χ0n) is 20.7. The average Bonchev–Trinajstić information content (AvgIpc) is 2.88. The van der Waals surface area contributed by atoms with Crippen LogP contribution >= 0.6 is 0 Å². The summed E-state index contributed by atoms with van der Waals surface area (Å²) in [6, 6.07) is 12.9. The number of urea groups is 1. The first kappa shape index (κ1) is 25.3. The maximum Gasteiger partial charge on any atom is 0.328 e. The molecule has 1 aromatic heterocycles. The van der Waals surface area contributed by atoms with Gasteiger partial charge in [0.1, 0.15) is 23.5 Å². The number of carbonyl (C=O) groups excluding carboxylic acids is 2. The van der Waals surface area contributed by atoms with Crippen molar-refractivity contribution in [2.75, 3.05) is 43.9 Å². The van der Waals surface area contributed by atoms with Gasteiger partial charge in [-0.15, -0.1) is 0 Å². The monoisotopic (exact) mass is 494 g/mol. The van der Waals surface area contributed by atoms with Gasteiger partial charge in [0.15, 0.2) is 0 Å². The SMILES string of the molecule is COC(=O)[C@@H](Nc1nc(CN2CCN(C(=O)Nc3ccccc3F)CC2)nc2ccccc12)C(C)C. The number of para-hydroxylation sites is 2. The van der Waals surface area contributed by atoms with Gasteiger partial charge in [-0.2, -0.15) is 0 Å². The topological polar surface area (TPSA) is 99.7 Å². The summed E-state index contributed by atoms with van der Waals surface area (Å²) < 4.78 is 18.8. The number of carbonyl (C=O) groups is 2. The van der Waals surface area contributed by atoms with Gasteiger partial charge in [0.25, 0.3) is 0 Å². The van der Waals surface area contributed by atoms with Crippen molar-refractivity contribution in [3.63, 3.8) is 0 Å². The molecule has 0 bridgehead atoms. The summed E-state index contributed by atoms with van der Waals surface area (Å²) >= 11 is 0. The predicted molar refractivity (Wildman–Crippen MR) is 136 cm³/mol. The zero-order valence-corrected chi connectivity index (χ0v) is 20.7. The molecule has 0 unspecified atom stereocenters. The van der Waals surface area contributed by atoms with Gasteiger partial charge in [-0.05, 0) is 30.2 Å². The number of hydrogen-bond donors (Lipinski definition) is 2. The number of nitrogens with one attached hydrogen (secondary N) is 2. The largest absolute Gasteiger partial charge is 0.467 e. The van der Waals surface area contributed by atoms with Crippen LogP contribution < -0.4 is 10.6 Å². The van der Waals surface area contributed by atoms with Crippen LogP contribution in [0.15, 0.2) is 48.5 Å². The first-order chi connectivity index (χ1) is 17.4. The molecular weight excluding hydrogens is 463 g/mol. The lowest BCUT2D eigenvalue weighted by Gasteiger charge is -2.34. The first-order valence-electron chi connectivity index (χ1n) is 12.0. The number of rotatable bonds is 7. The van der Waals surface area contributed by atoms with Crippen molar-refractivity contribution in [1.82, 2.24) is 19.8 Å². The smallest absolute Gasteiger partial charge is 0.328 e. The van der Waals surface area contributed by atoms with E-state index in [-0.39, 0.29) is 23.6 Å². The number of esters is 1. The fourth-order valence-corrected chi connectivity index (χ4v) is 4.14. The van der Waals surface area contributed by atoms with E-state index in [2.05, 4.69) is 15.5 Å². The van der Waals surface area contributed by atoms with Crippen LogP contribution in [0.25, 0.3) is 10.9 Å².